The van der Waals surface area contributed by atoms with Crippen LogP contribution < -0.4 is 0 Å². The normalized spacial score (nSPS) is 12.5. The summed E-state index contributed by atoms with van der Waals surface area (Å²) in [5.74, 6) is -5.65. The highest BCUT2D eigenvalue weighted by Gasteiger charge is 2.28. The molecule has 6 nitrogen and oxygen atoms in total. The van der Waals surface area contributed by atoms with Crippen LogP contribution in [0.5, 0.6) is 0 Å². The van der Waals surface area contributed by atoms with E-state index >= 15 is 0 Å². The molecule has 3 N–H and O–H groups in total. The molecule has 0 radical (unpaired) electrons. The van der Waals surface area contributed by atoms with Crippen molar-refractivity contribution in [2.24, 2.45) is 0 Å². The zero-order valence-electron chi connectivity index (χ0n) is 7.14. The molecule has 0 atom stereocenters. The van der Waals surface area contributed by atoms with Gasteiger partial charge in [0.15, 0.2) is 0 Å². The fraction of sp³-hybridized carbons (Fsp3) is 0.429. The maximum atomic E-state index is 10.7. The molecule has 0 bridgehead atoms. The minimum absolute atomic E-state index is 0.144. The Kier molecular flexibility index (Phi) is 3.73. The summed E-state index contributed by atoms with van der Waals surface area (Å²) in [6.45, 7) is 1.23. The van der Waals surface area contributed by atoms with E-state index in [0.717, 1.165) is 7.11 Å². The van der Waals surface area contributed by atoms with Gasteiger partial charge in [-0.3, -0.25) is 4.79 Å². The average molecular weight is 190 g/mol. The summed E-state index contributed by atoms with van der Waals surface area (Å²) < 4.78 is 4.22. The highest BCUT2D eigenvalue weighted by Crippen LogP contribution is 2.02. The number of hydrogen-bond acceptors (Lipinski definition) is 6. The SMILES string of the molecule is COC(=O)C(C)=CC(=O)C(O)(O)O. The van der Waals surface area contributed by atoms with Crippen molar-refractivity contribution in [3.05, 3.63) is 11.6 Å². The number of carbonyl (C=O) groups excluding carboxylic acids is 2. The first kappa shape index (κ1) is 11.8. The predicted octanol–water partition coefficient (Wildman–Crippen LogP) is -1.69. The topological polar surface area (TPSA) is 104 Å². The van der Waals surface area contributed by atoms with E-state index in [1.165, 1.54) is 6.92 Å². The van der Waals surface area contributed by atoms with Crippen molar-refractivity contribution in [3.63, 3.8) is 0 Å². The van der Waals surface area contributed by atoms with E-state index in [2.05, 4.69) is 4.74 Å². The van der Waals surface area contributed by atoms with Crippen molar-refractivity contribution in [3.8, 4) is 0 Å². The lowest BCUT2D eigenvalue weighted by Gasteiger charge is -2.09. The van der Waals surface area contributed by atoms with E-state index in [-0.39, 0.29) is 5.57 Å². The van der Waals surface area contributed by atoms with Gasteiger partial charge in [0.2, 0.25) is 5.78 Å². The fourth-order valence-electron chi connectivity index (χ4n) is 0.513. The zero-order valence-corrected chi connectivity index (χ0v) is 7.14. The van der Waals surface area contributed by atoms with Gasteiger partial charge in [-0.15, -0.1) is 0 Å². The second-order valence-corrected chi connectivity index (χ2v) is 2.32. The first-order valence-corrected chi connectivity index (χ1v) is 3.27. The van der Waals surface area contributed by atoms with Gasteiger partial charge in [-0.1, -0.05) is 0 Å². The van der Waals surface area contributed by atoms with E-state index in [4.69, 9.17) is 15.3 Å². The number of rotatable bonds is 3. The Morgan fingerprint density at radius 2 is 1.77 bits per heavy atom. The summed E-state index contributed by atoms with van der Waals surface area (Å²) in [5.41, 5.74) is -0.144. The van der Waals surface area contributed by atoms with Gasteiger partial charge in [0.1, 0.15) is 0 Å². The van der Waals surface area contributed by atoms with Gasteiger partial charge in [-0.05, 0) is 13.0 Å². The molecule has 0 amide bonds. The Hall–Kier alpha value is -1.24. The second-order valence-electron chi connectivity index (χ2n) is 2.32. The van der Waals surface area contributed by atoms with E-state index < -0.39 is 17.7 Å². The van der Waals surface area contributed by atoms with Crippen molar-refractivity contribution in [2.45, 2.75) is 12.9 Å². The summed E-state index contributed by atoms with van der Waals surface area (Å²) in [4.78, 5) is 21.3. The average Bonchev–Trinajstić information content (AvgIpc) is 2.01. The fourth-order valence-corrected chi connectivity index (χ4v) is 0.513. The van der Waals surface area contributed by atoms with Gasteiger partial charge in [-0.25, -0.2) is 4.79 Å². The van der Waals surface area contributed by atoms with Crippen molar-refractivity contribution in [1.29, 1.82) is 0 Å². The van der Waals surface area contributed by atoms with Crippen LogP contribution >= 0.6 is 0 Å². The van der Waals surface area contributed by atoms with E-state index in [9.17, 15) is 9.59 Å². The highest BCUT2D eigenvalue weighted by molar-refractivity contribution is 6.01. The molecule has 0 aliphatic carbocycles. The lowest BCUT2D eigenvalue weighted by molar-refractivity contribution is -0.283. The first-order chi connectivity index (χ1) is 5.79. The molecule has 0 unspecified atom stereocenters. The molecular formula is C7H10O6. The molecule has 0 rings (SSSR count). The summed E-state index contributed by atoms with van der Waals surface area (Å²) in [5, 5.41) is 25.1. The quantitative estimate of drug-likeness (QED) is 0.278. The molecule has 74 valence electrons. The van der Waals surface area contributed by atoms with Crippen LogP contribution in [-0.4, -0.2) is 40.2 Å². The second kappa shape index (κ2) is 4.13. The molecular weight excluding hydrogens is 180 g/mol. The van der Waals surface area contributed by atoms with Gasteiger partial charge in [-0.2, -0.15) is 0 Å². The maximum absolute atomic E-state index is 10.7. The number of methoxy groups -OCH3 is 1. The smallest absolute Gasteiger partial charge is 0.343 e. The Morgan fingerprint density at radius 3 is 2.08 bits per heavy atom. The third kappa shape index (κ3) is 3.79. The number of carbonyl (C=O) groups is 2. The third-order valence-corrected chi connectivity index (χ3v) is 1.19. The molecule has 13 heavy (non-hydrogen) atoms. The Labute approximate surface area is 74.1 Å². The van der Waals surface area contributed by atoms with Crippen molar-refractivity contribution >= 4 is 11.8 Å². The van der Waals surface area contributed by atoms with Crippen LogP contribution in [0.15, 0.2) is 11.6 Å². The summed E-state index contributed by atoms with van der Waals surface area (Å²) in [7, 11) is 1.11. The lowest BCUT2D eigenvalue weighted by atomic mass is 10.2. The van der Waals surface area contributed by atoms with Gasteiger partial charge in [0.25, 0.3) is 0 Å². The Bertz CT molecular complexity index is 246. The molecule has 0 saturated heterocycles. The molecule has 0 aromatic heterocycles. The van der Waals surface area contributed by atoms with E-state index in [0.29, 0.717) is 6.08 Å². The van der Waals surface area contributed by atoms with Crippen LogP contribution in [0.25, 0.3) is 0 Å². The predicted molar refractivity (Wildman–Crippen MR) is 40.2 cm³/mol. The van der Waals surface area contributed by atoms with Crippen LogP contribution in [0.2, 0.25) is 0 Å². The maximum Gasteiger partial charge on any atom is 0.343 e. The van der Waals surface area contributed by atoms with E-state index in [1.54, 1.807) is 0 Å². The summed E-state index contributed by atoms with van der Waals surface area (Å²) in [6.07, 6.45) is 0.575. The minimum atomic E-state index is -3.45. The summed E-state index contributed by atoms with van der Waals surface area (Å²) >= 11 is 0. The monoisotopic (exact) mass is 190 g/mol. The lowest BCUT2D eigenvalue weighted by Crippen LogP contribution is -2.36. The van der Waals surface area contributed by atoms with Crippen LogP contribution in [-0.2, 0) is 14.3 Å². The molecule has 0 aromatic carbocycles. The number of aliphatic hydroxyl groups is 3. The van der Waals surface area contributed by atoms with Crippen molar-refractivity contribution in [2.75, 3.05) is 7.11 Å². The van der Waals surface area contributed by atoms with Crippen LogP contribution in [0.1, 0.15) is 6.92 Å². The van der Waals surface area contributed by atoms with Crippen LogP contribution in [0.3, 0.4) is 0 Å². The first-order valence-electron chi connectivity index (χ1n) is 3.27. The standard InChI is InChI=1S/C7H10O6/c1-4(6(9)13-2)3-5(8)7(10,11)12/h3,10-12H,1-2H3. The van der Waals surface area contributed by atoms with Crippen LogP contribution in [0, 0.1) is 0 Å². The molecule has 6 heteroatoms. The number of ether oxygens (including phenoxy) is 1. The van der Waals surface area contributed by atoms with Gasteiger partial charge >= 0.3 is 11.9 Å². The largest absolute Gasteiger partial charge is 0.466 e. The highest BCUT2D eigenvalue weighted by atomic mass is 16.7. The van der Waals surface area contributed by atoms with E-state index in [1.807, 2.05) is 0 Å². The molecule has 0 aliphatic heterocycles. The third-order valence-electron chi connectivity index (χ3n) is 1.19. The molecule has 0 heterocycles. The molecule has 0 saturated carbocycles. The number of hydrogen-bond donors (Lipinski definition) is 3. The summed E-state index contributed by atoms with van der Waals surface area (Å²) in [6, 6.07) is 0. The molecule has 0 fully saturated rings. The number of ketones is 1. The molecule has 0 spiro atoms. The van der Waals surface area contributed by atoms with Gasteiger partial charge in [0.05, 0.1) is 7.11 Å². The zero-order chi connectivity index (χ0) is 10.6. The van der Waals surface area contributed by atoms with Gasteiger partial charge in [0, 0.05) is 5.57 Å². The Morgan fingerprint density at radius 1 is 1.31 bits per heavy atom. The molecule has 0 aliphatic rings. The van der Waals surface area contributed by atoms with Gasteiger partial charge < -0.3 is 20.1 Å². The van der Waals surface area contributed by atoms with Crippen molar-refractivity contribution < 1.29 is 29.6 Å². The Balaban J connectivity index is 4.59. The number of esters is 1. The van der Waals surface area contributed by atoms with Crippen molar-refractivity contribution in [1.82, 2.24) is 0 Å². The van der Waals surface area contributed by atoms with Crippen LogP contribution in [0.4, 0.5) is 0 Å². The molecule has 0 aromatic rings. The minimum Gasteiger partial charge on any atom is -0.466 e.